The van der Waals surface area contributed by atoms with E-state index in [9.17, 15) is 26.4 Å². The van der Waals surface area contributed by atoms with Crippen LogP contribution in [0, 0.1) is 6.92 Å². The molecular weight excluding hydrogens is 391 g/mol. The highest BCUT2D eigenvalue weighted by atomic mass is 32.2. The molecule has 9 nitrogen and oxygen atoms in total. The summed E-state index contributed by atoms with van der Waals surface area (Å²) in [6.45, 7) is 3.90. The van der Waals surface area contributed by atoms with Crippen molar-refractivity contribution in [3.05, 3.63) is 11.8 Å². The maximum absolute atomic E-state index is 12.4. The summed E-state index contributed by atoms with van der Waals surface area (Å²) in [6.07, 6.45) is -6.33. The minimum Gasteiger partial charge on any atom is -0.361 e. The van der Waals surface area contributed by atoms with Crippen LogP contribution in [0.15, 0.2) is 10.6 Å². The number of H-pyrrole nitrogens is 1. The molecule has 27 heavy (non-hydrogen) atoms. The van der Waals surface area contributed by atoms with Crippen molar-refractivity contribution < 1.29 is 30.9 Å². The Morgan fingerprint density at radius 2 is 1.96 bits per heavy atom. The van der Waals surface area contributed by atoms with Crippen LogP contribution in [0.3, 0.4) is 0 Å². The molecule has 0 aliphatic rings. The van der Waals surface area contributed by atoms with Gasteiger partial charge in [0, 0.05) is 12.5 Å². The van der Waals surface area contributed by atoms with Gasteiger partial charge in [-0.25, -0.2) is 8.42 Å². The average molecular weight is 409 g/mol. The van der Waals surface area contributed by atoms with Gasteiger partial charge in [-0.1, -0.05) is 5.16 Å². The molecule has 150 valence electrons. The van der Waals surface area contributed by atoms with E-state index < -0.39 is 45.3 Å². The van der Waals surface area contributed by atoms with Crippen LogP contribution in [-0.2, 0) is 14.6 Å². The third-order valence-electron chi connectivity index (χ3n) is 3.79. The molecular formula is C14H18F3N5O4S. The molecule has 0 aliphatic heterocycles. The topological polar surface area (TPSA) is 131 Å². The Kier molecular flexibility index (Phi) is 5.63. The van der Waals surface area contributed by atoms with Gasteiger partial charge in [-0.2, -0.15) is 13.2 Å². The molecule has 0 saturated carbocycles. The van der Waals surface area contributed by atoms with Crippen molar-refractivity contribution in [2.75, 3.05) is 11.1 Å². The summed E-state index contributed by atoms with van der Waals surface area (Å²) < 4.78 is 64.2. The second kappa shape index (κ2) is 7.29. The second-order valence-electron chi connectivity index (χ2n) is 6.35. The van der Waals surface area contributed by atoms with Gasteiger partial charge in [-0.3, -0.25) is 10.1 Å². The van der Waals surface area contributed by atoms with Gasteiger partial charge in [0.25, 0.3) is 0 Å². The van der Waals surface area contributed by atoms with E-state index in [4.69, 9.17) is 4.52 Å². The Balaban J connectivity index is 2.06. The predicted molar refractivity (Wildman–Crippen MR) is 88.4 cm³/mol. The largest absolute Gasteiger partial charge is 0.389 e. The number of alkyl halides is 3. The summed E-state index contributed by atoms with van der Waals surface area (Å²) in [7, 11) is -4.15. The highest BCUT2D eigenvalue weighted by Gasteiger charge is 2.42. The van der Waals surface area contributed by atoms with Crippen molar-refractivity contribution in [2.24, 2.45) is 0 Å². The molecule has 0 aliphatic carbocycles. The number of carbonyl (C=O) groups excluding carboxylic acids is 1. The van der Waals surface area contributed by atoms with Gasteiger partial charge in [0.2, 0.25) is 11.9 Å². The molecule has 13 heteroatoms. The van der Waals surface area contributed by atoms with Crippen LogP contribution in [0.4, 0.5) is 19.1 Å². The Morgan fingerprint density at radius 3 is 2.52 bits per heavy atom. The quantitative estimate of drug-likeness (QED) is 0.717. The van der Waals surface area contributed by atoms with Crippen LogP contribution in [0.5, 0.6) is 0 Å². The summed E-state index contributed by atoms with van der Waals surface area (Å²) in [4.78, 5) is 15.0. The highest BCUT2D eigenvalue weighted by Crippen LogP contribution is 2.25. The number of hydrogen-bond donors (Lipinski definition) is 2. The summed E-state index contributed by atoms with van der Waals surface area (Å²) in [5, 5.41) is 13.4. The normalized spacial score (nSPS) is 13.0. The number of carbonyl (C=O) groups is 1. The van der Waals surface area contributed by atoms with E-state index in [1.54, 1.807) is 13.0 Å². The van der Waals surface area contributed by atoms with Gasteiger partial charge in [-0.15, -0.1) is 10.2 Å². The van der Waals surface area contributed by atoms with E-state index in [2.05, 4.69) is 25.7 Å². The highest BCUT2D eigenvalue weighted by molar-refractivity contribution is 7.93. The van der Waals surface area contributed by atoms with Crippen LogP contribution in [0.25, 0.3) is 11.5 Å². The van der Waals surface area contributed by atoms with Gasteiger partial charge in [0.1, 0.15) is 10.5 Å². The maximum Gasteiger partial charge on any atom is 0.389 e. The predicted octanol–water partition coefficient (Wildman–Crippen LogP) is 2.24. The van der Waals surface area contributed by atoms with Crippen LogP contribution in [0.1, 0.15) is 32.4 Å². The molecule has 2 aromatic rings. The van der Waals surface area contributed by atoms with Gasteiger partial charge in [0.05, 0.1) is 5.75 Å². The van der Waals surface area contributed by atoms with E-state index in [0.29, 0.717) is 11.5 Å². The molecule has 1 amide bonds. The van der Waals surface area contributed by atoms with Gasteiger partial charge >= 0.3 is 6.18 Å². The number of aromatic amines is 1. The molecule has 0 radical (unpaired) electrons. The molecule has 2 heterocycles. The first kappa shape index (κ1) is 20.9. The molecule has 0 aromatic carbocycles. The van der Waals surface area contributed by atoms with Crippen LogP contribution in [0.2, 0.25) is 0 Å². The zero-order valence-corrected chi connectivity index (χ0v) is 15.5. The minimum atomic E-state index is -4.46. The summed E-state index contributed by atoms with van der Waals surface area (Å²) in [5.74, 6) is -1.14. The van der Waals surface area contributed by atoms with Gasteiger partial charge < -0.3 is 9.51 Å². The fourth-order valence-electron chi connectivity index (χ4n) is 2.03. The Labute approximate surface area is 152 Å². The molecule has 2 N–H and O–H groups in total. The zero-order chi connectivity index (χ0) is 20.5. The average Bonchev–Trinajstić information content (AvgIpc) is 3.14. The number of amides is 1. The molecule has 0 unspecified atom stereocenters. The molecule has 0 atom stereocenters. The lowest BCUT2D eigenvalue weighted by atomic mass is 10.2. The number of anilines is 1. The molecule has 0 spiro atoms. The third kappa shape index (κ3) is 5.05. The molecule has 0 saturated heterocycles. The number of halogens is 3. The van der Waals surface area contributed by atoms with E-state index in [1.165, 1.54) is 0 Å². The number of nitrogens with one attached hydrogen (secondary N) is 2. The Bertz CT molecular complexity index is 917. The van der Waals surface area contributed by atoms with Crippen molar-refractivity contribution in [1.29, 1.82) is 0 Å². The van der Waals surface area contributed by atoms with Gasteiger partial charge in [-0.05, 0) is 27.2 Å². The lowest BCUT2D eigenvalue weighted by Crippen LogP contribution is -2.46. The van der Waals surface area contributed by atoms with Crippen molar-refractivity contribution in [3.8, 4) is 11.5 Å². The van der Waals surface area contributed by atoms with Crippen LogP contribution < -0.4 is 5.32 Å². The third-order valence-corrected chi connectivity index (χ3v) is 6.35. The number of aryl methyl sites for hydroxylation is 1. The maximum atomic E-state index is 12.4. The number of hydrogen-bond acceptors (Lipinski definition) is 7. The van der Waals surface area contributed by atoms with E-state index in [-0.39, 0.29) is 11.8 Å². The van der Waals surface area contributed by atoms with Crippen molar-refractivity contribution in [1.82, 2.24) is 20.3 Å². The standard InChI is InChI=1S/C14H18F3N5O4S/c1-8-7-9(22-26-8)10-18-12(21-20-10)19-11(23)13(2,3)27(24,25)6-4-5-14(15,16)17/h7H,4-6H2,1-3H3,(H2,18,19,20,21,23). The molecule has 2 aromatic heterocycles. The molecule has 0 bridgehead atoms. The number of aromatic nitrogens is 4. The lowest BCUT2D eigenvalue weighted by molar-refractivity contribution is -0.134. The minimum absolute atomic E-state index is 0.130. The number of rotatable bonds is 7. The first-order valence-electron chi connectivity index (χ1n) is 7.79. The number of nitrogens with zero attached hydrogens (tertiary/aromatic N) is 3. The van der Waals surface area contributed by atoms with Crippen LogP contribution in [-0.4, -0.2) is 51.3 Å². The Morgan fingerprint density at radius 1 is 1.30 bits per heavy atom. The molecule has 2 rings (SSSR count). The fraction of sp³-hybridized carbons (Fsp3) is 0.571. The second-order valence-corrected chi connectivity index (χ2v) is 9.01. The van der Waals surface area contributed by atoms with E-state index in [0.717, 1.165) is 13.8 Å². The molecule has 0 fully saturated rings. The monoisotopic (exact) mass is 409 g/mol. The summed E-state index contributed by atoms with van der Waals surface area (Å²) in [5.41, 5.74) is 0.333. The first-order valence-corrected chi connectivity index (χ1v) is 9.44. The van der Waals surface area contributed by atoms with Gasteiger partial charge in [0.15, 0.2) is 21.4 Å². The first-order chi connectivity index (χ1) is 12.3. The van der Waals surface area contributed by atoms with Crippen molar-refractivity contribution >= 4 is 21.7 Å². The van der Waals surface area contributed by atoms with Crippen LogP contribution >= 0.6 is 0 Å². The van der Waals surface area contributed by atoms with Crippen molar-refractivity contribution in [2.45, 2.75) is 44.5 Å². The Hall–Kier alpha value is -2.44. The van der Waals surface area contributed by atoms with E-state index in [1.807, 2.05) is 0 Å². The lowest BCUT2D eigenvalue weighted by Gasteiger charge is -2.23. The summed E-state index contributed by atoms with van der Waals surface area (Å²) in [6, 6.07) is 1.57. The van der Waals surface area contributed by atoms with E-state index >= 15 is 0 Å². The SMILES string of the molecule is Cc1cc(-c2nnc(NC(=O)C(C)(C)S(=O)(=O)CCCC(F)(F)F)[nH]2)no1. The van der Waals surface area contributed by atoms with Crippen molar-refractivity contribution in [3.63, 3.8) is 0 Å². The zero-order valence-electron chi connectivity index (χ0n) is 14.7. The smallest absolute Gasteiger partial charge is 0.361 e. The summed E-state index contributed by atoms with van der Waals surface area (Å²) >= 11 is 0. The number of sulfone groups is 1. The fourth-order valence-corrected chi connectivity index (χ4v) is 3.40.